The van der Waals surface area contributed by atoms with Crippen molar-refractivity contribution in [3.8, 4) is 0 Å². The monoisotopic (exact) mass is 375 g/mol. The summed E-state index contributed by atoms with van der Waals surface area (Å²) in [6.45, 7) is 2.62. The van der Waals surface area contributed by atoms with Gasteiger partial charge in [0, 0.05) is 43.2 Å². The number of hydrogen-bond donors (Lipinski definition) is 1. The second-order valence-electron chi connectivity index (χ2n) is 6.73. The van der Waals surface area contributed by atoms with Gasteiger partial charge in [-0.1, -0.05) is 17.7 Å². The van der Waals surface area contributed by atoms with E-state index in [0.717, 1.165) is 12.4 Å². The summed E-state index contributed by atoms with van der Waals surface area (Å²) in [6, 6.07) is 9.82. The third-order valence-corrected chi connectivity index (χ3v) is 5.39. The van der Waals surface area contributed by atoms with Gasteiger partial charge >= 0.3 is 0 Å². The first-order chi connectivity index (χ1) is 12.6. The molecule has 1 amide bonds. The number of nitrogens with zero attached hydrogens (tertiary/aromatic N) is 2. The summed E-state index contributed by atoms with van der Waals surface area (Å²) in [5, 5.41) is 3.30. The zero-order valence-corrected chi connectivity index (χ0v) is 14.8. The Bertz CT molecular complexity index is 805. The van der Waals surface area contributed by atoms with E-state index in [4.69, 9.17) is 16.3 Å². The van der Waals surface area contributed by atoms with Crippen molar-refractivity contribution in [2.45, 2.75) is 6.10 Å². The van der Waals surface area contributed by atoms with Crippen LogP contribution in [0.3, 0.4) is 0 Å². The van der Waals surface area contributed by atoms with Crippen LogP contribution in [0.25, 0.3) is 0 Å². The van der Waals surface area contributed by atoms with Crippen LogP contribution in [0.5, 0.6) is 0 Å². The number of benzene rings is 1. The molecule has 2 saturated heterocycles. The number of carbonyl (C=O) groups is 1. The van der Waals surface area contributed by atoms with Gasteiger partial charge in [-0.2, -0.15) is 0 Å². The molecule has 7 heteroatoms. The first-order valence-electron chi connectivity index (χ1n) is 8.62. The van der Waals surface area contributed by atoms with Gasteiger partial charge in [-0.25, -0.2) is 9.37 Å². The molecule has 0 bridgehead atoms. The van der Waals surface area contributed by atoms with Crippen LogP contribution in [-0.4, -0.2) is 48.1 Å². The van der Waals surface area contributed by atoms with Crippen LogP contribution in [0.1, 0.15) is 10.4 Å². The SMILES string of the molecule is O=C(c1ccc(F)c(Cl)c1)N1C[C@@H]2[C@@H](CNc3ccccn3)CO[C@@H]2C1. The Balaban J connectivity index is 1.39. The Hall–Kier alpha value is -2.18. The van der Waals surface area contributed by atoms with Gasteiger partial charge in [-0.15, -0.1) is 0 Å². The van der Waals surface area contributed by atoms with Crippen LogP contribution in [0.15, 0.2) is 42.6 Å². The van der Waals surface area contributed by atoms with Gasteiger partial charge < -0.3 is 15.0 Å². The lowest BCUT2D eigenvalue weighted by Gasteiger charge is -2.20. The number of amides is 1. The summed E-state index contributed by atoms with van der Waals surface area (Å²) in [5.41, 5.74) is 0.402. The van der Waals surface area contributed by atoms with Crippen molar-refractivity contribution >= 4 is 23.3 Å². The molecular formula is C19H19ClFN3O2. The van der Waals surface area contributed by atoms with Crippen molar-refractivity contribution in [1.82, 2.24) is 9.88 Å². The number of hydrogen-bond acceptors (Lipinski definition) is 4. The van der Waals surface area contributed by atoms with Crippen molar-refractivity contribution in [2.24, 2.45) is 11.8 Å². The number of fused-ring (bicyclic) bond motifs is 1. The molecule has 0 saturated carbocycles. The van der Waals surface area contributed by atoms with E-state index in [2.05, 4.69) is 10.3 Å². The molecule has 0 radical (unpaired) electrons. The quantitative estimate of drug-likeness (QED) is 0.892. The number of halogens is 2. The van der Waals surface area contributed by atoms with Crippen LogP contribution in [0, 0.1) is 17.7 Å². The normalized spacial score (nSPS) is 24.5. The highest BCUT2D eigenvalue weighted by molar-refractivity contribution is 6.31. The van der Waals surface area contributed by atoms with E-state index < -0.39 is 5.82 Å². The minimum absolute atomic E-state index is 0.0380. The van der Waals surface area contributed by atoms with Gasteiger partial charge in [0.1, 0.15) is 11.6 Å². The third-order valence-electron chi connectivity index (χ3n) is 5.10. The highest BCUT2D eigenvalue weighted by atomic mass is 35.5. The topological polar surface area (TPSA) is 54.5 Å². The van der Waals surface area contributed by atoms with Crippen molar-refractivity contribution in [1.29, 1.82) is 0 Å². The fraction of sp³-hybridized carbons (Fsp3) is 0.368. The largest absolute Gasteiger partial charge is 0.376 e. The molecule has 4 rings (SSSR count). The lowest BCUT2D eigenvalue weighted by atomic mass is 9.93. The Morgan fingerprint density at radius 1 is 1.35 bits per heavy atom. The number of anilines is 1. The molecule has 2 aromatic rings. The van der Waals surface area contributed by atoms with E-state index in [1.54, 1.807) is 11.1 Å². The standard InChI is InChI=1S/C19H19ClFN3O2/c20-15-7-12(4-5-16(15)21)19(25)24-9-14-13(11-26-17(14)10-24)8-23-18-3-1-2-6-22-18/h1-7,13-14,17H,8-11H2,(H,22,23)/t13-,14+,17+/m0/s1. The smallest absolute Gasteiger partial charge is 0.254 e. The second-order valence-corrected chi connectivity index (χ2v) is 7.14. The minimum Gasteiger partial charge on any atom is -0.376 e. The molecule has 3 atom stereocenters. The van der Waals surface area contributed by atoms with Crippen molar-refractivity contribution in [3.63, 3.8) is 0 Å². The summed E-state index contributed by atoms with van der Waals surface area (Å²) >= 11 is 5.80. The summed E-state index contributed by atoms with van der Waals surface area (Å²) in [4.78, 5) is 18.7. The summed E-state index contributed by atoms with van der Waals surface area (Å²) in [7, 11) is 0. The lowest BCUT2D eigenvalue weighted by Crippen LogP contribution is -2.32. The van der Waals surface area contributed by atoms with Crippen molar-refractivity contribution < 1.29 is 13.9 Å². The fourth-order valence-corrected chi connectivity index (χ4v) is 3.87. The lowest BCUT2D eigenvalue weighted by molar-refractivity contribution is 0.0680. The number of ether oxygens (including phenoxy) is 1. The maximum absolute atomic E-state index is 13.3. The summed E-state index contributed by atoms with van der Waals surface area (Å²) in [6.07, 6.45) is 1.80. The fourth-order valence-electron chi connectivity index (χ4n) is 3.69. The van der Waals surface area contributed by atoms with Crippen LogP contribution in [0.4, 0.5) is 10.2 Å². The number of nitrogens with one attached hydrogen (secondary N) is 1. The van der Waals surface area contributed by atoms with E-state index >= 15 is 0 Å². The van der Waals surface area contributed by atoms with Crippen LogP contribution < -0.4 is 5.32 Å². The summed E-state index contributed by atoms with van der Waals surface area (Å²) in [5.74, 6) is 0.775. The molecule has 2 aliphatic heterocycles. The second kappa shape index (κ2) is 7.21. The molecule has 3 heterocycles. The number of likely N-dealkylation sites (tertiary alicyclic amines) is 1. The van der Waals surface area contributed by atoms with Crippen molar-refractivity contribution in [2.75, 3.05) is 31.6 Å². The average molecular weight is 376 g/mol. The first kappa shape index (κ1) is 17.2. The third kappa shape index (κ3) is 3.39. The van der Waals surface area contributed by atoms with Gasteiger partial charge in [-0.3, -0.25) is 4.79 Å². The Morgan fingerprint density at radius 3 is 3.00 bits per heavy atom. The number of rotatable bonds is 4. The average Bonchev–Trinajstić information content (AvgIpc) is 3.23. The van der Waals surface area contributed by atoms with Gasteiger partial charge in [-0.05, 0) is 30.3 Å². The molecule has 1 aromatic heterocycles. The maximum Gasteiger partial charge on any atom is 0.254 e. The van der Waals surface area contributed by atoms with Crippen LogP contribution in [0.2, 0.25) is 5.02 Å². The van der Waals surface area contributed by atoms with E-state index in [0.29, 0.717) is 31.2 Å². The van der Waals surface area contributed by atoms with Crippen molar-refractivity contribution in [3.05, 3.63) is 59.0 Å². The highest BCUT2D eigenvalue weighted by Gasteiger charge is 2.45. The molecule has 2 aliphatic rings. The van der Waals surface area contributed by atoms with E-state index in [1.807, 2.05) is 18.2 Å². The Kier molecular flexibility index (Phi) is 4.78. The molecule has 0 spiro atoms. The number of carbonyl (C=O) groups excluding carboxylic acids is 1. The molecule has 26 heavy (non-hydrogen) atoms. The van der Waals surface area contributed by atoms with Crippen LogP contribution >= 0.6 is 11.6 Å². The maximum atomic E-state index is 13.3. The molecule has 0 unspecified atom stereocenters. The van der Waals surface area contributed by atoms with Gasteiger partial charge in [0.05, 0.1) is 17.7 Å². The number of pyridine rings is 1. The molecular weight excluding hydrogens is 357 g/mol. The molecule has 5 nitrogen and oxygen atoms in total. The highest BCUT2D eigenvalue weighted by Crippen LogP contribution is 2.34. The molecule has 2 fully saturated rings. The predicted octanol–water partition coefficient (Wildman–Crippen LogP) is 3.07. The molecule has 136 valence electrons. The van der Waals surface area contributed by atoms with Gasteiger partial charge in [0.25, 0.3) is 5.91 Å². The minimum atomic E-state index is -0.523. The number of aromatic nitrogens is 1. The molecule has 0 aliphatic carbocycles. The Morgan fingerprint density at radius 2 is 2.23 bits per heavy atom. The summed E-state index contributed by atoms with van der Waals surface area (Å²) < 4.78 is 19.2. The zero-order valence-electron chi connectivity index (χ0n) is 14.1. The van der Waals surface area contributed by atoms with E-state index in [9.17, 15) is 9.18 Å². The van der Waals surface area contributed by atoms with E-state index in [-0.39, 0.29) is 23.0 Å². The van der Waals surface area contributed by atoms with Gasteiger partial charge in [0.2, 0.25) is 0 Å². The Labute approximate surface area is 156 Å². The first-order valence-corrected chi connectivity index (χ1v) is 9.00. The zero-order chi connectivity index (χ0) is 18.1. The van der Waals surface area contributed by atoms with Gasteiger partial charge in [0.15, 0.2) is 0 Å². The van der Waals surface area contributed by atoms with Crippen LogP contribution in [-0.2, 0) is 4.74 Å². The molecule has 1 aromatic carbocycles. The van der Waals surface area contributed by atoms with E-state index in [1.165, 1.54) is 18.2 Å². The molecule has 1 N–H and O–H groups in total. The predicted molar refractivity (Wildman–Crippen MR) is 96.8 cm³/mol.